The van der Waals surface area contributed by atoms with Crippen LogP contribution in [0.25, 0.3) is 0 Å². The van der Waals surface area contributed by atoms with Gasteiger partial charge in [-0.3, -0.25) is 4.90 Å². The number of hydrogen-bond acceptors (Lipinski definition) is 1. The highest BCUT2D eigenvalue weighted by atomic mass is 16.4. The monoisotopic (exact) mass is 181 g/mol. The van der Waals surface area contributed by atoms with E-state index in [2.05, 4.69) is 6.92 Å². The lowest BCUT2D eigenvalue weighted by atomic mass is 10.1. The second-order valence-electron chi connectivity index (χ2n) is 3.13. The van der Waals surface area contributed by atoms with Crippen molar-refractivity contribution in [3.8, 4) is 0 Å². The molecule has 1 aliphatic heterocycles. The van der Waals surface area contributed by atoms with Crippen molar-refractivity contribution in [3.05, 3.63) is 24.4 Å². The summed E-state index contributed by atoms with van der Waals surface area (Å²) in [5.74, 6) is 0. The van der Waals surface area contributed by atoms with Crippen LogP contribution in [0.3, 0.4) is 0 Å². The third-order valence-electron chi connectivity index (χ3n) is 2.12. The molecule has 0 fully saturated rings. The van der Waals surface area contributed by atoms with E-state index in [9.17, 15) is 4.79 Å². The van der Waals surface area contributed by atoms with Gasteiger partial charge in [-0.2, -0.15) is 0 Å². The van der Waals surface area contributed by atoms with E-state index < -0.39 is 6.09 Å². The molecule has 0 aromatic carbocycles. The second kappa shape index (κ2) is 4.70. The molecule has 1 rings (SSSR count). The summed E-state index contributed by atoms with van der Waals surface area (Å²) in [5.41, 5.74) is 0. The van der Waals surface area contributed by atoms with Crippen molar-refractivity contribution in [1.82, 2.24) is 4.90 Å². The summed E-state index contributed by atoms with van der Waals surface area (Å²) in [4.78, 5) is 12.1. The molecule has 1 amide bonds. The van der Waals surface area contributed by atoms with Gasteiger partial charge in [0.2, 0.25) is 0 Å². The molecule has 0 radical (unpaired) electrons. The Hall–Kier alpha value is -1.25. The van der Waals surface area contributed by atoms with Crippen LogP contribution in [0.4, 0.5) is 4.79 Å². The first-order valence-electron chi connectivity index (χ1n) is 4.62. The summed E-state index contributed by atoms with van der Waals surface area (Å²) in [6, 6.07) is 0.0300. The Morgan fingerprint density at radius 2 is 2.31 bits per heavy atom. The van der Waals surface area contributed by atoms with Crippen molar-refractivity contribution in [2.24, 2.45) is 0 Å². The lowest BCUT2D eigenvalue weighted by Gasteiger charge is -2.25. The van der Waals surface area contributed by atoms with Crippen molar-refractivity contribution >= 4 is 6.09 Å². The minimum absolute atomic E-state index is 0.0300. The molecule has 0 spiro atoms. The summed E-state index contributed by atoms with van der Waals surface area (Å²) >= 11 is 0. The lowest BCUT2D eigenvalue weighted by Crippen LogP contribution is -2.34. The van der Waals surface area contributed by atoms with Gasteiger partial charge in [-0.15, -0.1) is 0 Å². The van der Waals surface area contributed by atoms with E-state index in [1.54, 1.807) is 12.3 Å². The fourth-order valence-corrected chi connectivity index (χ4v) is 1.39. The predicted octanol–water partition coefficient (Wildman–Crippen LogP) is 2.61. The zero-order chi connectivity index (χ0) is 9.68. The number of rotatable bonds is 3. The van der Waals surface area contributed by atoms with Crippen molar-refractivity contribution < 1.29 is 9.90 Å². The first kappa shape index (κ1) is 9.84. The highest BCUT2D eigenvalue weighted by Crippen LogP contribution is 2.14. The molecule has 1 heterocycles. The largest absolute Gasteiger partial charge is 0.465 e. The van der Waals surface area contributed by atoms with Crippen LogP contribution in [-0.4, -0.2) is 22.1 Å². The van der Waals surface area contributed by atoms with E-state index in [-0.39, 0.29) is 6.04 Å². The van der Waals surface area contributed by atoms with E-state index in [0.717, 1.165) is 19.3 Å². The van der Waals surface area contributed by atoms with Crippen molar-refractivity contribution in [3.63, 3.8) is 0 Å². The quantitative estimate of drug-likeness (QED) is 0.727. The van der Waals surface area contributed by atoms with Gasteiger partial charge in [0.1, 0.15) is 0 Å². The summed E-state index contributed by atoms with van der Waals surface area (Å²) in [6.07, 6.45) is 9.39. The van der Waals surface area contributed by atoms with Gasteiger partial charge in [-0.05, 0) is 12.5 Å². The number of unbranched alkanes of at least 4 members (excludes halogenated alkanes) is 1. The number of carboxylic acid groups (broad SMARTS) is 1. The Morgan fingerprint density at radius 3 is 2.92 bits per heavy atom. The molecule has 0 aliphatic carbocycles. The number of carbonyl (C=O) groups is 1. The molecule has 1 unspecified atom stereocenters. The van der Waals surface area contributed by atoms with E-state index in [0.29, 0.717) is 0 Å². The van der Waals surface area contributed by atoms with Gasteiger partial charge in [-0.1, -0.05) is 31.9 Å². The standard InChI is InChI=1S/C10H15NO2/c1-2-3-6-9-7-4-5-8-11(9)10(12)13/h4-5,7-9H,2-3,6H2,1H3,(H,12,13). The van der Waals surface area contributed by atoms with Crippen LogP contribution < -0.4 is 0 Å². The Bertz CT molecular complexity index is 233. The van der Waals surface area contributed by atoms with Gasteiger partial charge in [0.25, 0.3) is 0 Å². The first-order chi connectivity index (χ1) is 6.25. The van der Waals surface area contributed by atoms with Crippen molar-refractivity contribution in [2.45, 2.75) is 32.2 Å². The van der Waals surface area contributed by atoms with E-state index >= 15 is 0 Å². The second-order valence-corrected chi connectivity index (χ2v) is 3.13. The van der Waals surface area contributed by atoms with Crippen LogP contribution in [0.5, 0.6) is 0 Å². The third kappa shape index (κ3) is 2.61. The first-order valence-corrected chi connectivity index (χ1v) is 4.62. The van der Waals surface area contributed by atoms with Gasteiger partial charge >= 0.3 is 6.09 Å². The molecule has 13 heavy (non-hydrogen) atoms. The van der Waals surface area contributed by atoms with Gasteiger partial charge in [0.15, 0.2) is 0 Å². The summed E-state index contributed by atoms with van der Waals surface area (Å²) in [6.45, 7) is 2.10. The van der Waals surface area contributed by atoms with E-state index in [4.69, 9.17) is 5.11 Å². The molecule has 0 bridgehead atoms. The topological polar surface area (TPSA) is 40.5 Å². The van der Waals surface area contributed by atoms with E-state index in [1.165, 1.54) is 4.90 Å². The molecule has 1 atom stereocenters. The fourth-order valence-electron chi connectivity index (χ4n) is 1.39. The maximum atomic E-state index is 10.8. The molecule has 0 saturated heterocycles. The molecule has 3 heteroatoms. The van der Waals surface area contributed by atoms with Gasteiger partial charge in [0, 0.05) is 6.20 Å². The number of amides is 1. The summed E-state index contributed by atoms with van der Waals surface area (Å²) in [5, 5.41) is 8.85. The minimum atomic E-state index is -0.873. The van der Waals surface area contributed by atoms with Gasteiger partial charge in [-0.25, -0.2) is 4.79 Å². The molecular weight excluding hydrogens is 166 g/mol. The Kier molecular flexibility index (Phi) is 3.55. The lowest BCUT2D eigenvalue weighted by molar-refractivity contribution is 0.152. The fraction of sp³-hybridized carbons (Fsp3) is 0.500. The molecule has 0 aromatic rings. The Morgan fingerprint density at radius 1 is 1.54 bits per heavy atom. The van der Waals surface area contributed by atoms with Crippen LogP contribution in [0.2, 0.25) is 0 Å². The third-order valence-corrected chi connectivity index (χ3v) is 2.12. The summed E-state index contributed by atoms with van der Waals surface area (Å²) < 4.78 is 0. The molecular formula is C10H15NO2. The molecule has 0 saturated carbocycles. The molecule has 1 N–H and O–H groups in total. The predicted molar refractivity (Wildman–Crippen MR) is 51.5 cm³/mol. The van der Waals surface area contributed by atoms with Gasteiger partial charge in [0.05, 0.1) is 6.04 Å². The normalized spacial score (nSPS) is 20.7. The zero-order valence-electron chi connectivity index (χ0n) is 7.81. The van der Waals surface area contributed by atoms with Crippen molar-refractivity contribution in [1.29, 1.82) is 0 Å². The molecule has 3 nitrogen and oxygen atoms in total. The minimum Gasteiger partial charge on any atom is -0.465 e. The van der Waals surface area contributed by atoms with Crippen LogP contribution in [0.15, 0.2) is 24.4 Å². The number of hydrogen-bond donors (Lipinski definition) is 1. The molecule has 1 aliphatic rings. The number of nitrogens with zero attached hydrogens (tertiary/aromatic N) is 1. The van der Waals surface area contributed by atoms with Crippen LogP contribution in [-0.2, 0) is 0 Å². The zero-order valence-corrected chi connectivity index (χ0v) is 7.81. The highest BCUT2D eigenvalue weighted by Gasteiger charge is 2.19. The Labute approximate surface area is 78.4 Å². The number of allylic oxidation sites excluding steroid dienone is 2. The SMILES string of the molecule is CCCCC1C=CC=CN1C(=O)O. The Balaban J connectivity index is 2.54. The van der Waals surface area contributed by atoms with Crippen LogP contribution in [0.1, 0.15) is 26.2 Å². The van der Waals surface area contributed by atoms with Gasteiger partial charge < -0.3 is 5.11 Å². The van der Waals surface area contributed by atoms with Crippen LogP contribution >= 0.6 is 0 Å². The molecule has 0 aromatic heterocycles. The molecule has 72 valence electrons. The maximum absolute atomic E-state index is 10.8. The smallest absolute Gasteiger partial charge is 0.411 e. The maximum Gasteiger partial charge on any atom is 0.411 e. The van der Waals surface area contributed by atoms with Crippen molar-refractivity contribution in [2.75, 3.05) is 0 Å². The average Bonchev–Trinajstić information content (AvgIpc) is 2.15. The van der Waals surface area contributed by atoms with Crippen LogP contribution in [0, 0.1) is 0 Å². The van der Waals surface area contributed by atoms with E-state index in [1.807, 2.05) is 12.2 Å². The highest BCUT2D eigenvalue weighted by molar-refractivity contribution is 5.67. The average molecular weight is 181 g/mol. The summed E-state index contributed by atoms with van der Waals surface area (Å²) in [7, 11) is 0.